The van der Waals surface area contributed by atoms with Crippen LogP contribution in [0, 0.1) is 5.92 Å². The number of aromatic nitrogens is 1. The van der Waals surface area contributed by atoms with E-state index in [-0.39, 0.29) is 23.9 Å². The monoisotopic (exact) mass is 421 g/mol. The Kier molecular flexibility index (Phi) is 5.72. The molecule has 31 heavy (non-hydrogen) atoms. The maximum atomic E-state index is 12.5. The minimum absolute atomic E-state index is 0.00431. The van der Waals surface area contributed by atoms with Crippen LogP contribution in [0.3, 0.4) is 0 Å². The molecule has 3 aromatic rings. The summed E-state index contributed by atoms with van der Waals surface area (Å²) < 4.78 is 17.0. The van der Waals surface area contributed by atoms with E-state index in [0.29, 0.717) is 30.7 Å². The van der Waals surface area contributed by atoms with Gasteiger partial charge < -0.3 is 14.0 Å². The van der Waals surface area contributed by atoms with Gasteiger partial charge in [-0.05, 0) is 73.1 Å². The van der Waals surface area contributed by atoms with Gasteiger partial charge in [0.2, 0.25) is 0 Å². The Morgan fingerprint density at radius 2 is 1.94 bits per heavy atom. The zero-order valence-corrected chi connectivity index (χ0v) is 17.6. The molecule has 1 aliphatic heterocycles. The normalized spacial score (nSPS) is 20.6. The van der Waals surface area contributed by atoms with Crippen LogP contribution in [0.2, 0.25) is 0 Å². The summed E-state index contributed by atoms with van der Waals surface area (Å²) in [7, 11) is 0. The molecule has 1 aliphatic carbocycles. The fraction of sp³-hybridized carbons (Fsp3) is 0.480. The van der Waals surface area contributed by atoms with E-state index in [1.165, 1.54) is 6.42 Å². The van der Waals surface area contributed by atoms with Crippen molar-refractivity contribution in [2.24, 2.45) is 5.92 Å². The number of benzene rings is 2. The van der Waals surface area contributed by atoms with Crippen LogP contribution in [-0.2, 0) is 14.3 Å². The number of carbonyl (C=O) groups excluding carboxylic acids is 2. The summed E-state index contributed by atoms with van der Waals surface area (Å²) in [6.45, 7) is 2.48. The number of hydrogen-bond donors (Lipinski definition) is 0. The molecule has 0 bridgehead atoms. The van der Waals surface area contributed by atoms with Crippen molar-refractivity contribution in [1.82, 2.24) is 5.16 Å². The van der Waals surface area contributed by atoms with Crippen molar-refractivity contribution in [2.75, 3.05) is 19.8 Å². The highest BCUT2D eigenvalue weighted by Gasteiger charge is 2.32. The number of fused-ring (bicyclic) bond motifs is 3. The molecule has 1 saturated heterocycles. The van der Waals surface area contributed by atoms with Gasteiger partial charge in [0, 0.05) is 19.6 Å². The largest absolute Gasteiger partial charge is 0.494 e. The molecular weight excluding hydrogens is 394 g/mol. The number of ketones is 2. The molecule has 2 fully saturated rings. The van der Waals surface area contributed by atoms with Gasteiger partial charge in [0.25, 0.3) is 0 Å². The van der Waals surface area contributed by atoms with Gasteiger partial charge in [-0.15, -0.1) is 0 Å². The summed E-state index contributed by atoms with van der Waals surface area (Å²) in [5.74, 6) is 1.18. The van der Waals surface area contributed by atoms with Crippen LogP contribution in [0.5, 0.6) is 5.75 Å². The Morgan fingerprint density at radius 1 is 1.06 bits per heavy atom. The summed E-state index contributed by atoms with van der Waals surface area (Å²) in [4.78, 5) is 24.1. The number of Topliss-reactive ketones (excluding diaryl/α,β-unsaturated/α-hetero) is 2. The third kappa shape index (κ3) is 4.22. The molecule has 1 saturated carbocycles. The van der Waals surface area contributed by atoms with Crippen molar-refractivity contribution in [3.8, 4) is 5.75 Å². The molecule has 1 aromatic heterocycles. The average Bonchev–Trinajstić information content (AvgIpc) is 3.21. The Hall–Kier alpha value is -2.73. The molecule has 0 spiro atoms. The standard InChI is InChI=1S/C25H27NO5/c27-18-4-6-21(22(28)15-18)25-24-20-7-5-19(14-17(20)3-8-23(24)31-26-25)30-11-1-2-16-9-12-29-13-10-16/h3,5,7-8,14,16,21H,1-2,4,6,9-13,15H2/t21-/m1/s1. The zero-order valence-electron chi connectivity index (χ0n) is 17.6. The van der Waals surface area contributed by atoms with E-state index < -0.39 is 0 Å². The van der Waals surface area contributed by atoms with Gasteiger partial charge in [0.05, 0.1) is 24.3 Å². The van der Waals surface area contributed by atoms with E-state index in [9.17, 15) is 9.59 Å². The topological polar surface area (TPSA) is 78.6 Å². The number of nitrogens with zero attached hydrogens (tertiary/aromatic N) is 1. The number of ether oxygens (including phenoxy) is 2. The first-order valence-corrected chi connectivity index (χ1v) is 11.3. The van der Waals surface area contributed by atoms with Crippen molar-refractivity contribution in [3.05, 3.63) is 36.0 Å². The van der Waals surface area contributed by atoms with Gasteiger partial charge in [-0.3, -0.25) is 9.59 Å². The highest BCUT2D eigenvalue weighted by atomic mass is 16.5. The van der Waals surface area contributed by atoms with E-state index in [2.05, 4.69) is 5.16 Å². The second kappa shape index (κ2) is 8.79. The molecule has 0 amide bonds. The van der Waals surface area contributed by atoms with Crippen molar-refractivity contribution in [3.63, 3.8) is 0 Å². The molecule has 0 unspecified atom stereocenters. The smallest absolute Gasteiger partial charge is 0.167 e. The Balaban J connectivity index is 1.33. The van der Waals surface area contributed by atoms with E-state index in [1.54, 1.807) is 0 Å². The first kappa shape index (κ1) is 20.2. The third-order valence-electron chi connectivity index (χ3n) is 6.62. The molecule has 2 aliphatic rings. The van der Waals surface area contributed by atoms with Crippen LogP contribution in [0.15, 0.2) is 34.9 Å². The highest BCUT2D eigenvalue weighted by molar-refractivity contribution is 6.11. The molecule has 0 N–H and O–H groups in total. The van der Waals surface area contributed by atoms with Crippen LogP contribution in [0.1, 0.15) is 56.6 Å². The van der Waals surface area contributed by atoms with Crippen molar-refractivity contribution >= 4 is 33.3 Å². The second-order valence-electron chi connectivity index (χ2n) is 8.71. The predicted octanol–water partition coefficient (Wildman–Crippen LogP) is 4.97. The minimum Gasteiger partial charge on any atom is -0.494 e. The maximum absolute atomic E-state index is 12.5. The fourth-order valence-corrected chi connectivity index (χ4v) is 4.86. The third-order valence-corrected chi connectivity index (χ3v) is 6.62. The summed E-state index contributed by atoms with van der Waals surface area (Å²) >= 11 is 0. The summed E-state index contributed by atoms with van der Waals surface area (Å²) in [6, 6.07) is 9.91. The summed E-state index contributed by atoms with van der Waals surface area (Å²) in [6.07, 6.45) is 5.45. The zero-order chi connectivity index (χ0) is 21.2. The molecule has 2 aromatic carbocycles. The van der Waals surface area contributed by atoms with Crippen LogP contribution in [0.25, 0.3) is 21.7 Å². The van der Waals surface area contributed by atoms with Crippen LogP contribution >= 0.6 is 0 Å². The first-order valence-electron chi connectivity index (χ1n) is 11.3. The Morgan fingerprint density at radius 3 is 2.77 bits per heavy atom. The van der Waals surface area contributed by atoms with Gasteiger partial charge in [0.15, 0.2) is 5.58 Å². The second-order valence-corrected chi connectivity index (χ2v) is 8.71. The number of carbonyl (C=O) groups is 2. The maximum Gasteiger partial charge on any atom is 0.167 e. The minimum atomic E-state index is -0.370. The summed E-state index contributed by atoms with van der Waals surface area (Å²) in [5.41, 5.74) is 1.32. The lowest BCUT2D eigenvalue weighted by Crippen LogP contribution is -2.23. The van der Waals surface area contributed by atoms with Gasteiger partial charge in [-0.25, -0.2) is 0 Å². The highest BCUT2D eigenvalue weighted by Crippen LogP contribution is 2.37. The van der Waals surface area contributed by atoms with Gasteiger partial charge >= 0.3 is 0 Å². The van der Waals surface area contributed by atoms with Crippen LogP contribution < -0.4 is 4.74 Å². The molecule has 0 radical (unpaired) electrons. The van der Waals surface area contributed by atoms with Crippen molar-refractivity contribution < 1.29 is 23.6 Å². The van der Waals surface area contributed by atoms with Crippen LogP contribution in [-0.4, -0.2) is 36.5 Å². The molecule has 6 nitrogen and oxygen atoms in total. The number of hydrogen-bond acceptors (Lipinski definition) is 6. The van der Waals surface area contributed by atoms with E-state index in [0.717, 1.165) is 60.3 Å². The SMILES string of the molecule is O=C1CC[C@@H](c2noc3ccc4cc(OCCCC5CCOCC5)ccc4c23)C(=O)C1. The molecular formula is C25H27NO5. The lowest BCUT2D eigenvalue weighted by atomic mass is 9.83. The Bertz CT molecular complexity index is 1110. The van der Waals surface area contributed by atoms with Crippen LogP contribution in [0.4, 0.5) is 0 Å². The molecule has 162 valence electrons. The van der Waals surface area contributed by atoms with Gasteiger partial charge in [-0.2, -0.15) is 0 Å². The van der Waals surface area contributed by atoms with Crippen molar-refractivity contribution in [1.29, 1.82) is 0 Å². The molecule has 5 rings (SSSR count). The van der Waals surface area contributed by atoms with Crippen molar-refractivity contribution in [2.45, 2.75) is 50.9 Å². The molecule has 2 heterocycles. The predicted molar refractivity (Wildman–Crippen MR) is 116 cm³/mol. The van der Waals surface area contributed by atoms with Gasteiger partial charge in [-0.1, -0.05) is 11.2 Å². The average molecular weight is 421 g/mol. The fourth-order valence-electron chi connectivity index (χ4n) is 4.86. The molecule has 1 atom stereocenters. The van der Waals surface area contributed by atoms with E-state index in [1.807, 2.05) is 30.3 Å². The lowest BCUT2D eigenvalue weighted by molar-refractivity contribution is -0.130. The summed E-state index contributed by atoms with van der Waals surface area (Å²) in [5, 5.41) is 7.12. The van der Waals surface area contributed by atoms with E-state index in [4.69, 9.17) is 14.0 Å². The first-order chi connectivity index (χ1) is 15.2. The number of rotatable bonds is 6. The van der Waals surface area contributed by atoms with Gasteiger partial charge in [0.1, 0.15) is 23.0 Å². The molecule has 6 heteroatoms. The van der Waals surface area contributed by atoms with E-state index >= 15 is 0 Å². The lowest BCUT2D eigenvalue weighted by Gasteiger charge is -2.21. The quantitative estimate of drug-likeness (QED) is 0.413. The Labute approximate surface area is 180 Å².